The van der Waals surface area contributed by atoms with Crippen LogP contribution in [0.4, 0.5) is 11.6 Å². The molecule has 0 saturated heterocycles. The Hall–Kier alpha value is -3.83. The van der Waals surface area contributed by atoms with Gasteiger partial charge in [0.25, 0.3) is 0 Å². The molecule has 298 valence electrons. The minimum Gasteiger partial charge on any atom is -0.382 e. The van der Waals surface area contributed by atoms with Gasteiger partial charge in [-0.2, -0.15) is 0 Å². The van der Waals surface area contributed by atoms with Crippen molar-refractivity contribution in [1.29, 1.82) is 0 Å². The summed E-state index contributed by atoms with van der Waals surface area (Å²) in [6.07, 6.45) is 14.9. The molecule has 6 aromatic heterocycles. The Morgan fingerprint density at radius 2 is 1.00 bits per heavy atom. The molecule has 0 amide bonds. The van der Waals surface area contributed by atoms with Crippen LogP contribution >= 0.6 is 0 Å². The Kier molecular flexibility index (Phi) is 15.8. The average Bonchev–Trinajstić information content (AvgIpc) is 3.68. The number of imidazole rings is 2. The third-order valence-electron chi connectivity index (χ3n) is 8.94. The van der Waals surface area contributed by atoms with Crippen molar-refractivity contribution in [2.24, 2.45) is 0 Å². The van der Waals surface area contributed by atoms with Gasteiger partial charge in [-0.25, -0.2) is 46.2 Å². The van der Waals surface area contributed by atoms with Crippen LogP contribution in [0, 0.1) is 0 Å². The molecule has 0 aliphatic heterocycles. The quantitative estimate of drug-likeness (QED) is 0.0875. The number of nitrogen functional groups attached to an aromatic ring is 2. The molecule has 0 saturated carbocycles. The van der Waals surface area contributed by atoms with Gasteiger partial charge in [0.1, 0.15) is 44.7 Å². The first kappa shape index (κ1) is 43.9. The van der Waals surface area contributed by atoms with E-state index in [2.05, 4.69) is 52.4 Å². The number of fused-ring (bicyclic) bond motifs is 6. The third-order valence-corrected chi connectivity index (χ3v) is 10.4. The molecule has 0 spiro atoms. The van der Waals surface area contributed by atoms with Crippen LogP contribution in [0.15, 0.2) is 36.7 Å². The number of hydrogen-bond acceptors (Lipinski definition) is 12. The molecule has 19 heteroatoms. The molecule has 0 aliphatic carbocycles. The number of aryl methyl sites for hydroxylation is 4. The number of nitrogens with zero attached hydrogens (tertiary/aromatic N) is 8. The van der Waals surface area contributed by atoms with Crippen LogP contribution in [0.1, 0.15) is 76.9 Å². The van der Waals surface area contributed by atoms with Gasteiger partial charge in [-0.1, -0.05) is 26.7 Å². The van der Waals surface area contributed by atoms with Crippen molar-refractivity contribution in [2.75, 3.05) is 37.1 Å². The Morgan fingerprint density at radius 3 is 1.36 bits per heavy atom. The van der Waals surface area contributed by atoms with Gasteiger partial charge in [0.2, 0.25) is 20.0 Å². The van der Waals surface area contributed by atoms with E-state index < -0.39 is 20.0 Å². The van der Waals surface area contributed by atoms with Gasteiger partial charge in [-0.15, -0.1) is 0 Å². The molecule has 0 aromatic carbocycles. The molecule has 6 rings (SSSR count). The van der Waals surface area contributed by atoms with Gasteiger partial charge in [-0.05, 0) is 62.8 Å². The van der Waals surface area contributed by atoms with E-state index in [0.717, 1.165) is 122 Å². The largest absolute Gasteiger partial charge is 0.382 e. The zero-order valence-electron chi connectivity index (χ0n) is 32.0. The number of aromatic nitrogens is 8. The van der Waals surface area contributed by atoms with Gasteiger partial charge in [0.15, 0.2) is 11.6 Å². The van der Waals surface area contributed by atoms with Gasteiger partial charge in [-0.3, -0.25) is 9.97 Å². The SMILES string of the molecule is CCCCc1nc2c(N)nc3cccnc3c2n1CCCCNS(C)(=O)=O.CCCCc1nc2c(N)nc3cccnc3c2n1CCCCNS(C)(=O)=O.[W]. The van der Waals surface area contributed by atoms with Crippen molar-refractivity contribution < 1.29 is 37.9 Å². The number of anilines is 2. The van der Waals surface area contributed by atoms with E-state index in [-0.39, 0.29) is 21.1 Å². The van der Waals surface area contributed by atoms with Crippen molar-refractivity contribution in [3.63, 3.8) is 0 Å². The fourth-order valence-electron chi connectivity index (χ4n) is 6.38. The molecule has 6 aromatic rings. The molecule has 0 radical (unpaired) electrons. The van der Waals surface area contributed by atoms with Gasteiger partial charge in [0.05, 0.1) is 23.5 Å². The van der Waals surface area contributed by atoms with E-state index >= 15 is 0 Å². The summed E-state index contributed by atoms with van der Waals surface area (Å²) in [5, 5.41) is 0. The van der Waals surface area contributed by atoms with E-state index in [1.54, 1.807) is 12.4 Å². The molecule has 0 unspecified atom stereocenters. The molecule has 0 bridgehead atoms. The number of rotatable bonds is 18. The summed E-state index contributed by atoms with van der Waals surface area (Å²) < 4.78 is 54.2. The Labute approximate surface area is 337 Å². The Balaban J connectivity index is 0.000000240. The minimum atomic E-state index is -3.15. The number of nitrogens with two attached hydrogens (primary N) is 2. The number of nitrogens with one attached hydrogen (secondary N) is 2. The minimum absolute atomic E-state index is 0. The fourth-order valence-corrected chi connectivity index (χ4v) is 7.41. The third kappa shape index (κ3) is 11.6. The number of unbranched alkanes of at least 4 members (excludes halogenated alkanes) is 4. The molecular weight excluding hydrogens is 912 g/mol. The standard InChI is InChI=1S/2C18H26N6O2S.W/c2*1-3-4-9-14-23-16-17(15-13(22-18(16)19)8-7-10-20-15)24(14)12-6-5-11-21-27(2,25)26;/h2*7-8,10,21H,3-6,9,11-12H2,1-2H3,(H2,19,22);. The molecule has 6 N–H and O–H groups in total. The molecule has 55 heavy (non-hydrogen) atoms. The zero-order valence-corrected chi connectivity index (χ0v) is 36.5. The predicted octanol–water partition coefficient (Wildman–Crippen LogP) is 4.46. The maximum Gasteiger partial charge on any atom is 0.208 e. The van der Waals surface area contributed by atoms with Crippen molar-refractivity contribution in [1.82, 2.24) is 48.5 Å². The maximum atomic E-state index is 11.2. The summed E-state index contributed by atoms with van der Waals surface area (Å²) >= 11 is 0. The van der Waals surface area contributed by atoms with Crippen molar-refractivity contribution in [3.8, 4) is 0 Å². The van der Waals surface area contributed by atoms with Crippen LogP contribution in [-0.4, -0.2) is 81.5 Å². The maximum absolute atomic E-state index is 11.2. The summed E-state index contributed by atoms with van der Waals surface area (Å²) in [6, 6.07) is 7.49. The molecule has 0 aliphatic rings. The topological polar surface area (TPSA) is 232 Å². The van der Waals surface area contributed by atoms with Crippen LogP contribution in [0.25, 0.3) is 44.1 Å². The fraction of sp³-hybridized carbons (Fsp3) is 0.500. The smallest absolute Gasteiger partial charge is 0.208 e. The van der Waals surface area contributed by atoms with Crippen molar-refractivity contribution in [2.45, 2.75) is 91.1 Å². The van der Waals surface area contributed by atoms with Crippen LogP contribution in [0.3, 0.4) is 0 Å². The Morgan fingerprint density at radius 1 is 0.600 bits per heavy atom. The number of hydrogen-bond donors (Lipinski definition) is 4. The first-order valence-corrected chi connectivity index (χ1v) is 22.3. The van der Waals surface area contributed by atoms with E-state index in [0.29, 0.717) is 35.8 Å². The second-order valence-electron chi connectivity index (χ2n) is 13.4. The zero-order chi connectivity index (χ0) is 38.9. The average molecular weight is 965 g/mol. The van der Waals surface area contributed by atoms with E-state index in [1.807, 2.05) is 24.3 Å². The molecular formula is C36H52N12O4S2W. The van der Waals surface area contributed by atoms with Crippen LogP contribution in [0.5, 0.6) is 0 Å². The second-order valence-corrected chi connectivity index (χ2v) is 17.1. The summed E-state index contributed by atoms with van der Waals surface area (Å²) in [6.45, 7) is 6.62. The molecule has 6 heterocycles. The molecule has 16 nitrogen and oxygen atoms in total. The molecule has 0 fully saturated rings. The first-order chi connectivity index (χ1) is 25.8. The van der Waals surface area contributed by atoms with Crippen LogP contribution in [-0.2, 0) is 67.0 Å². The Bertz CT molecular complexity index is 2270. The van der Waals surface area contributed by atoms with E-state index in [4.69, 9.17) is 21.4 Å². The van der Waals surface area contributed by atoms with Crippen LogP contribution in [0.2, 0.25) is 0 Å². The number of pyridine rings is 4. The monoisotopic (exact) mass is 964 g/mol. The van der Waals surface area contributed by atoms with Gasteiger partial charge < -0.3 is 20.6 Å². The number of sulfonamides is 2. The van der Waals surface area contributed by atoms with Gasteiger partial charge in [0, 0.05) is 72.5 Å². The summed E-state index contributed by atoms with van der Waals surface area (Å²) in [5.41, 5.74) is 18.7. The summed E-state index contributed by atoms with van der Waals surface area (Å²) in [7, 11) is -6.30. The second kappa shape index (κ2) is 19.8. The molecule has 0 atom stereocenters. The normalized spacial score (nSPS) is 12.0. The summed E-state index contributed by atoms with van der Waals surface area (Å²) in [4.78, 5) is 27.4. The summed E-state index contributed by atoms with van der Waals surface area (Å²) in [5.74, 6) is 2.80. The first-order valence-electron chi connectivity index (χ1n) is 18.5. The van der Waals surface area contributed by atoms with Gasteiger partial charge >= 0.3 is 0 Å². The van der Waals surface area contributed by atoms with E-state index in [1.165, 1.54) is 12.5 Å². The van der Waals surface area contributed by atoms with Crippen LogP contribution < -0.4 is 20.9 Å². The van der Waals surface area contributed by atoms with Crippen molar-refractivity contribution in [3.05, 3.63) is 48.3 Å². The van der Waals surface area contributed by atoms with Crippen molar-refractivity contribution >= 4 is 75.8 Å². The van der Waals surface area contributed by atoms with E-state index in [9.17, 15) is 16.8 Å². The predicted molar refractivity (Wildman–Crippen MR) is 216 cm³/mol.